The molecule has 0 saturated carbocycles. The molecule has 0 fully saturated rings. The second-order valence-corrected chi connectivity index (χ2v) is 8.36. The summed E-state index contributed by atoms with van der Waals surface area (Å²) in [6.45, 7) is 2.63. The van der Waals surface area contributed by atoms with Gasteiger partial charge in [0.05, 0.1) is 5.56 Å². The van der Waals surface area contributed by atoms with Crippen LogP contribution in [0, 0.1) is 6.92 Å². The summed E-state index contributed by atoms with van der Waals surface area (Å²) in [7, 11) is -4.77. The van der Waals surface area contributed by atoms with Gasteiger partial charge in [-0.2, -0.15) is 13.0 Å². The summed E-state index contributed by atoms with van der Waals surface area (Å²) in [4.78, 5) is 36.5. The summed E-state index contributed by atoms with van der Waals surface area (Å²) in [5, 5.41) is 29.4. The van der Waals surface area contributed by atoms with Gasteiger partial charge in [0.25, 0.3) is 15.8 Å². The van der Waals surface area contributed by atoms with E-state index in [4.69, 9.17) is 0 Å². The van der Waals surface area contributed by atoms with Crippen molar-refractivity contribution in [1.82, 2.24) is 4.98 Å². The van der Waals surface area contributed by atoms with E-state index in [0.717, 1.165) is 6.07 Å². The largest absolute Gasteiger partial charge is 0.493 e. The van der Waals surface area contributed by atoms with Gasteiger partial charge in [-0.25, -0.2) is 4.79 Å². The third kappa shape index (κ3) is 5.13. The molecule has 5 N–H and O–H groups in total. The molecular formula is C20H18N5O8S+. The molecule has 14 heteroatoms. The summed E-state index contributed by atoms with van der Waals surface area (Å²) in [5.41, 5.74) is -1.29. The van der Waals surface area contributed by atoms with Crippen LogP contribution in [-0.4, -0.2) is 40.0 Å². The van der Waals surface area contributed by atoms with Gasteiger partial charge in [0.1, 0.15) is 16.1 Å². The number of carbonyl (C=O) groups is 2. The van der Waals surface area contributed by atoms with Gasteiger partial charge in [0, 0.05) is 18.7 Å². The van der Waals surface area contributed by atoms with Crippen molar-refractivity contribution in [2.24, 2.45) is 10.2 Å². The van der Waals surface area contributed by atoms with Crippen molar-refractivity contribution in [2.45, 2.75) is 18.7 Å². The molecule has 0 spiro atoms. The normalized spacial score (nSPS) is 11.5. The SMILES string of the molecule is CC(=O)Nc1ccc(/N=N/c2c(O)[nH]c(=O)c(-[n+]3cccc(C(=O)O)c3)c2C)c(S(=O)(=O)O)c1. The van der Waals surface area contributed by atoms with Crippen LogP contribution < -0.4 is 15.4 Å². The van der Waals surface area contributed by atoms with Gasteiger partial charge >= 0.3 is 11.5 Å². The number of pyridine rings is 2. The Hall–Kier alpha value is -4.43. The number of aromatic hydroxyl groups is 1. The Morgan fingerprint density at radius 3 is 2.50 bits per heavy atom. The van der Waals surface area contributed by atoms with Crippen molar-refractivity contribution in [3.05, 3.63) is 64.2 Å². The molecule has 0 radical (unpaired) electrons. The monoisotopic (exact) mass is 488 g/mol. The fourth-order valence-corrected chi connectivity index (χ4v) is 3.70. The van der Waals surface area contributed by atoms with Gasteiger partial charge < -0.3 is 15.5 Å². The predicted octanol–water partition coefficient (Wildman–Crippen LogP) is 1.98. The summed E-state index contributed by atoms with van der Waals surface area (Å²) in [6.07, 6.45) is 2.61. The molecule has 13 nitrogen and oxygen atoms in total. The number of hydrogen-bond acceptors (Lipinski definition) is 8. The molecule has 1 aromatic carbocycles. The zero-order valence-electron chi connectivity index (χ0n) is 17.7. The van der Waals surface area contributed by atoms with E-state index in [1.54, 1.807) is 0 Å². The number of nitrogens with one attached hydrogen (secondary N) is 2. The molecule has 0 atom stereocenters. The third-order valence-corrected chi connectivity index (χ3v) is 5.39. The number of carbonyl (C=O) groups excluding carboxylic acids is 1. The number of H-pyrrole nitrogens is 1. The number of aromatic amines is 1. The van der Waals surface area contributed by atoms with E-state index >= 15 is 0 Å². The van der Waals surface area contributed by atoms with Crippen molar-refractivity contribution < 1.29 is 37.3 Å². The number of carboxylic acid groups (broad SMARTS) is 1. The lowest BCUT2D eigenvalue weighted by Crippen LogP contribution is -2.38. The van der Waals surface area contributed by atoms with Crippen molar-refractivity contribution in [2.75, 3.05) is 5.32 Å². The van der Waals surface area contributed by atoms with E-state index in [2.05, 4.69) is 20.5 Å². The van der Waals surface area contributed by atoms with E-state index in [1.165, 1.54) is 55.1 Å². The molecule has 2 aromatic heterocycles. The Balaban J connectivity index is 2.14. The molecule has 0 saturated heterocycles. The third-order valence-electron chi connectivity index (χ3n) is 4.50. The van der Waals surface area contributed by atoms with Crippen LogP contribution in [0.5, 0.6) is 5.88 Å². The van der Waals surface area contributed by atoms with Crippen LogP contribution in [0.15, 0.2) is 62.6 Å². The number of carboxylic acids is 1. The van der Waals surface area contributed by atoms with E-state index in [1.807, 2.05) is 0 Å². The first kappa shape index (κ1) is 24.2. The van der Waals surface area contributed by atoms with Crippen molar-refractivity contribution >= 4 is 39.1 Å². The number of hydrogen-bond donors (Lipinski definition) is 5. The number of anilines is 1. The maximum Gasteiger partial charge on any atom is 0.341 e. The van der Waals surface area contributed by atoms with Crippen LogP contribution in [0.4, 0.5) is 17.1 Å². The van der Waals surface area contributed by atoms with Gasteiger partial charge in [-0.3, -0.25) is 19.1 Å². The van der Waals surface area contributed by atoms with E-state index < -0.39 is 38.3 Å². The molecular weight excluding hydrogens is 470 g/mol. The fourth-order valence-electron chi connectivity index (χ4n) is 3.05. The van der Waals surface area contributed by atoms with Gasteiger partial charge in [0.15, 0.2) is 18.1 Å². The van der Waals surface area contributed by atoms with Crippen LogP contribution in [0.3, 0.4) is 0 Å². The van der Waals surface area contributed by atoms with Gasteiger partial charge in [0.2, 0.25) is 11.8 Å². The molecule has 0 unspecified atom stereocenters. The second-order valence-electron chi connectivity index (χ2n) is 6.97. The summed E-state index contributed by atoms with van der Waals surface area (Å²) in [5.74, 6) is -2.36. The van der Waals surface area contributed by atoms with E-state index in [9.17, 15) is 37.6 Å². The van der Waals surface area contributed by atoms with Gasteiger partial charge in [-0.05, 0) is 31.2 Å². The highest BCUT2D eigenvalue weighted by atomic mass is 32.2. The highest BCUT2D eigenvalue weighted by molar-refractivity contribution is 7.86. The Morgan fingerprint density at radius 1 is 1.18 bits per heavy atom. The summed E-state index contributed by atoms with van der Waals surface area (Å²) in [6, 6.07) is 6.20. The van der Waals surface area contributed by atoms with Crippen molar-refractivity contribution in [3.63, 3.8) is 0 Å². The first-order chi connectivity index (χ1) is 15.9. The molecule has 0 aliphatic heterocycles. The minimum absolute atomic E-state index is 0.0640. The average molecular weight is 488 g/mol. The van der Waals surface area contributed by atoms with Gasteiger partial charge in [-0.15, -0.1) is 10.2 Å². The Bertz CT molecular complexity index is 1510. The molecule has 3 aromatic rings. The number of nitrogens with zero attached hydrogens (tertiary/aromatic N) is 3. The van der Waals surface area contributed by atoms with Crippen molar-refractivity contribution in [1.29, 1.82) is 0 Å². The van der Waals surface area contributed by atoms with E-state index in [0.29, 0.717) is 0 Å². The first-order valence-electron chi connectivity index (χ1n) is 9.40. The number of benzene rings is 1. The zero-order valence-corrected chi connectivity index (χ0v) is 18.5. The Morgan fingerprint density at radius 2 is 1.88 bits per heavy atom. The smallest absolute Gasteiger partial charge is 0.341 e. The molecule has 34 heavy (non-hydrogen) atoms. The summed E-state index contributed by atoms with van der Waals surface area (Å²) >= 11 is 0. The molecule has 3 rings (SSSR count). The lowest BCUT2D eigenvalue weighted by Gasteiger charge is -2.07. The maximum absolute atomic E-state index is 12.5. The molecule has 0 aliphatic carbocycles. The minimum Gasteiger partial charge on any atom is -0.493 e. The average Bonchev–Trinajstić information content (AvgIpc) is 2.73. The Labute approximate surface area is 191 Å². The van der Waals surface area contributed by atoms with Crippen LogP contribution in [0.1, 0.15) is 22.8 Å². The molecule has 1 amide bonds. The number of rotatable bonds is 6. The number of aromatic nitrogens is 2. The van der Waals surface area contributed by atoms with Crippen LogP contribution in [0.2, 0.25) is 0 Å². The minimum atomic E-state index is -4.77. The van der Waals surface area contributed by atoms with Crippen LogP contribution in [0.25, 0.3) is 5.69 Å². The zero-order chi connectivity index (χ0) is 25.2. The second kappa shape index (κ2) is 9.21. The lowest BCUT2D eigenvalue weighted by atomic mass is 10.2. The quantitative estimate of drug-likeness (QED) is 0.197. The molecule has 0 aliphatic rings. The fraction of sp³-hybridized carbons (Fsp3) is 0.100. The molecule has 176 valence electrons. The number of azo groups is 1. The highest BCUT2D eigenvalue weighted by Gasteiger charge is 2.24. The summed E-state index contributed by atoms with van der Waals surface area (Å²) < 4.78 is 34.4. The lowest BCUT2D eigenvalue weighted by molar-refractivity contribution is -0.597. The molecule has 0 bridgehead atoms. The van der Waals surface area contributed by atoms with Crippen molar-refractivity contribution in [3.8, 4) is 11.6 Å². The first-order valence-corrected chi connectivity index (χ1v) is 10.8. The standard InChI is InChI=1S/C20H17N5O8S/c1-10-16(18(27)22-19(28)17(10)25-7-3-4-12(9-25)20(29)30)24-23-14-6-5-13(21-11(2)26)8-15(14)34(31,32)33/h3-9H,1-2H3,(H4-,21,22,23,24,26,27,28,29,30,31,32,33)/p+1. The highest BCUT2D eigenvalue weighted by Crippen LogP contribution is 2.33. The van der Waals surface area contributed by atoms with E-state index in [-0.39, 0.29) is 33.9 Å². The predicted molar refractivity (Wildman–Crippen MR) is 117 cm³/mol. The number of aromatic carboxylic acids is 1. The van der Waals surface area contributed by atoms with Gasteiger partial charge in [-0.1, -0.05) is 0 Å². The Kier molecular flexibility index (Phi) is 6.56. The number of amides is 1. The topological polar surface area (TPSA) is 202 Å². The maximum atomic E-state index is 12.5. The van der Waals surface area contributed by atoms with Crippen LogP contribution in [-0.2, 0) is 14.9 Å². The molecule has 2 heterocycles. The van der Waals surface area contributed by atoms with Crippen LogP contribution >= 0.6 is 0 Å².